The van der Waals surface area contributed by atoms with Gasteiger partial charge in [-0.15, -0.1) is 12.4 Å². The number of halogens is 1. The lowest BCUT2D eigenvalue weighted by molar-refractivity contribution is 0.568. The zero-order valence-corrected chi connectivity index (χ0v) is 12.7. The van der Waals surface area contributed by atoms with E-state index in [0.29, 0.717) is 0 Å². The number of rotatable bonds is 1. The highest BCUT2D eigenvalue weighted by molar-refractivity contribution is 5.85. The Hall–Kier alpha value is -1.71. The van der Waals surface area contributed by atoms with Crippen LogP contribution in [0.2, 0.25) is 0 Å². The van der Waals surface area contributed by atoms with Crippen molar-refractivity contribution in [3.8, 4) is 0 Å². The minimum atomic E-state index is 0. The highest BCUT2D eigenvalue weighted by atomic mass is 35.5. The van der Waals surface area contributed by atoms with Gasteiger partial charge < -0.3 is 5.73 Å². The topological polar surface area (TPSA) is 34.2 Å². The normalized spacial score (nSPS) is 20.6. The molecule has 1 aliphatic carbocycles. The highest BCUT2D eigenvalue weighted by Gasteiger charge is 2.32. The third-order valence-corrected chi connectivity index (χ3v) is 4.43. The molecule has 1 atom stereocenters. The predicted octanol–water partition coefficient (Wildman–Crippen LogP) is 4.02. The predicted molar refractivity (Wildman–Crippen MR) is 88.4 cm³/mol. The molecule has 0 bridgehead atoms. The molecule has 2 aliphatic rings. The maximum absolute atomic E-state index is 6.52. The zero-order chi connectivity index (χ0) is 13.5. The van der Waals surface area contributed by atoms with E-state index in [2.05, 4.69) is 58.5 Å². The second-order valence-electron chi connectivity index (χ2n) is 5.59. The molecule has 2 heterocycles. The summed E-state index contributed by atoms with van der Waals surface area (Å²) >= 11 is 0. The van der Waals surface area contributed by atoms with E-state index in [9.17, 15) is 0 Å². The molecule has 0 saturated carbocycles. The lowest BCUT2D eigenvalue weighted by Crippen LogP contribution is -2.37. The number of anilines is 1. The first kappa shape index (κ1) is 14.2. The molecule has 4 rings (SSSR count). The van der Waals surface area contributed by atoms with Gasteiger partial charge in [0.05, 0.1) is 11.7 Å². The zero-order valence-electron chi connectivity index (χ0n) is 11.9. The van der Waals surface area contributed by atoms with Gasteiger partial charge in [0.15, 0.2) is 0 Å². The van der Waals surface area contributed by atoms with Crippen molar-refractivity contribution in [2.45, 2.75) is 31.7 Å². The first-order chi connectivity index (χ1) is 9.86. The first-order valence-corrected chi connectivity index (χ1v) is 7.36. The fourth-order valence-electron chi connectivity index (χ4n) is 3.49. The molecule has 0 amide bonds. The molecular formula is C17H20ClN3. The molecule has 3 nitrogen and oxygen atoms in total. The van der Waals surface area contributed by atoms with Crippen molar-refractivity contribution in [3.05, 3.63) is 65.6 Å². The van der Waals surface area contributed by atoms with E-state index in [1.165, 1.54) is 35.4 Å². The molecule has 0 fully saturated rings. The van der Waals surface area contributed by atoms with Gasteiger partial charge >= 0.3 is 0 Å². The van der Waals surface area contributed by atoms with E-state index >= 15 is 0 Å². The number of para-hydroxylation sites is 1. The van der Waals surface area contributed by atoms with Gasteiger partial charge in [0.2, 0.25) is 0 Å². The first-order valence-electron chi connectivity index (χ1n) is 7.36. The van der Waals surface area contributed by atoms with Crippen LogP contribution in [0.25, 0.3) is 0 Å². The second-order valence-corrected chi connectivity index (χ2v) is 5.59. The number of nitrogens with two attached hydrogens (primary N) is 1. The van der Waals surface area contributed by atoms with Gasteiger partial charge in [-0.3, -0.25) is 9.69 Å². The molecule has 4 heteroatoms. The number of allylic oxidation sites excluding steroid dienone is 1. The van der Waals surface area contributed by atoms with Crippen molar-refractivity contribution in [2.75, 3.05) is 5.01 Å². The smallest absolute Gasteiger partial charge is 0.0683 e. The summed E-state index contributed by atoms with van der Waals surface area (Å²) < 4.78 is 2.17. The third-order valence-electron chi connectivity index (χ3n) is 4.43. The summed E-state index contributed by atoms with van der Waals surface area (Å²) in [5.74, 6) is 0. The number of fused-ring (bicyclic) bond motifs is 1. The fourth-order valence-corrected chi connectivity index (χ4v) is 3.49. The average molecular weight is 302 g/mol. The standard InChI is InChI=1S/C17H19N3.ClH/c18-17-13-7-1-3-9-15(13)20(19-11-5-6-12-19)16-10-4-2-8-14(16)17;/h1,3,5-7,9,11-12,17H,2,4,8,10,18H2;1H. The lowest BCUT2D eigenvalue weighted by Gasteiger charge is -2.40. The van der Waals surface area contributed by atoms with Crippen molar-refractivity contribution in [2.24, 2.45) is 5.73 Å². The summed E-state index contributed by atoms with van der Waals surface area (Å²) in [5.41, 5.74) is 11.8. The van der Waals surface area contributed by atoms with Crippen molar-refractivity contribution < 1.29 is 0 Å². The minimum Gasteiger partial charge on any atom is -0.320 e. The molecule has 0 spiro atoms. The Bertz CT molecular complexity index is 660. The van der Waals surface area contributed by atoms with Crippen molar-refractivity contribution in [3.63, 3.8) is 0 Å². The fraction of sp³-hybridized carbons (Fsp3) is 0.294. The molecule has 1 aromatic heterocycles. The van der Waals surface area contributed by atoms with Crippen LogP contribution in [-0.2, 0) is 0 Å². The monoisotopic (exact) mass is 301 g/mol. The van der Waals surface area contributed by atoms with E-state index in [1.807, 2.05) is 0 Å². The number of benzene rings is 1. The van der Waals surface area contributed by atoms with Crippen LogP contribution < -0.4 is 10.7 Å². The van der Waals surface area contributed by atoms with Gasteiger partial charge in [-0.1, -0.05) is 18.2 Å². The SMILES string of the molecule is Cl.NC1C2=C(CCCC2)N(n2cccc2)c2ccccc21. The Balaban J connectivity index is 0.00000132. The van der Waals surface area contributed by atoms with Crippen LogP contribution in [0, 0.1) is 0 Å². The summed E-state index contributed by atoms with van der Waals surface area (Å²) in [6, 6.07) is 12.7. The Morgan fingerprint density at radius 1 is 0.952 bits per heavy atom. The van der Waals surface area contributed by atoms with Crippen molar-refractivity contribution in [1.29, 1.82) is 0 Å². The molecule has 2 aromatic rings. The Labute approximate surface area is 131 Å². The van der Waals surface area contributed by atoms with Crippen LogP contribution >= 0.6 is 12.4 Å². The molecule has 0 radical (unpaired) electrons. The number of hydrogen-bond acceptors (Lipinski definition) is 2. The molecule has 1 aromatic carbocycles. The number of aromatic nitrogens is 1. The van der Waals surface area contributed by atoms with Crippen LogP contribution in [0.3, 0.4) is 0 Å². The van der Waals surface area contributed by atoms with Gasteiger partial charge in [-0.2, -0.15) is 0 Å². The molecule has 0 saturated heterocycles. The lowest BCUT2D eigenvalue weighted by atomic mass is 9.84. The minimum absolute atomic E-state index is 0. The molecule has 21 heavy (non-hydrogen) atoms. The van der Waals surface area contributed by atoms with E-state index < -0.39 is 0 Å². The Morgan fingerprint density at radius 3 is 2.48 bits per heavy atom. The Morgan fingerprint density at radius 2 is 1.67 bits per heavy atom. The maximum atomic E-state index is 6.52. The van der Waals surface area contributed by atoms with E-state index in [1.54, 1.807) is 0 Å². The number of hydrogen-bond donors (Lipinski definition) is 1. The molecule has 110 valence electrons. The van der Waals surface area contributed by atoms with Gasteiger partial charge in [-0.05, 0) is 55.0 Å². The van der Waals surface area contributed by atoms with Gasteiger partial charge in [-0.25, -0.2) is 0 Å². The van der Waals surface area contributed by atoms with Gasteiger partial charge in [0.1, 0.15) is 0 Å². The van der Waals surface area contributed by atoms with Gasteiger partial charge in [0, 0.05) is 18.1 Å². The largest absolute Gasteiger partial charge is 0.320 e. The molecule has 2 N–H and O–H groups in total. The molecular weight excluding hydrogens is 282 g/mol. The van der Waals surface area contributed by atoms with Crippen molar-refractivity contribution in [1.82, 2.24) is 4.68 Å². The number of nitrogens with zero attached hydrogens (tertiary/aromatic N) is 2. The van der Waals surface area contributed by atoms with E-state index in [4.69, 9.17) is 5.73 Å². The summed E-state index contributed by atoms with van der Waals surface area (Å²) in [6.45, 7) is 0. The van der Waals surface area contributed by atoms with Crippen molar-refractivity contribution >= 4 is 18.1 Å². The van der Waals surface area contributed by atoms with Gasteiger partial charge in [0.25, 0.3) is 0 Å². The summed E-state index contributed by atoms with van der Waals surface area (Å²) in [7, 11) is 0. The van der Waals surface area contributed by atoms with Crippen LogP contribution in [0.4, 0.5) is 5.69 Å². The molecule has 1 aliphatic heterocycles. The Kier molecular flexibility index (Phi) is 3.79. The average Bonchev–Trinajstić information content (AvgIpc) is 3.02. The maximum Gasteiger partial charge on any atom is 0.0683 e. The second kappa shape index (κ2) is 5.58. The van der Waals surface area contributed by atoms with Crippen LogP contribution in [-0.4, -0.2) is 4.68 Å². The third kappa shape index (κ3) is 2.17. The summed E-state index contributed by atoms with van der Waals surface area (Å²) in [6.07, 6.45) is 8.97. The van der Waals surface area contributed by atoms with E-state index in [0.717, 1.165) is 12.8 Å². The van der Waals surface area contributed by atoms with Crippen LogP contribution in [0.15, 0.2) is 60.1 Å². The van der Waals surface area contributed by atoms with E-state index in [-0.39, 0.29) is 18.4 Å². The summed E-state index contributed by atoms with van der Waals surface area (Å²) in [5, 5.41) is 2.34. The quantitative estimate of drug-likeness (QED) is 0.863. The highest BCUT2D eigenvalue weighted by Crippen LogP contribution is 2.44. The summed E-state index contributed by atoms with van der Waals surface area (Å²) in [4.78, 5) is 0. The molecule has 1 unspecified atom stereocenters. The van der Waals surface area contributed by atoms with Crippen LogP contribution in [0.1, 0.15) is 37.3 Å². The van der Waals surface area contributed by atoms with Crippen LogP contribution in [0.5, 0.6) is 0 Å².